The Morgan fingerprint density at radius 2 is 1.88 bits per heavy atom. The molecule has 1 saturated heterocycles. The van der Waals surface area contributed by atoms with Crippen LogP contribution in [0.4, 0.5) is 4.39 Å². The van der Waals surface area contributed by atoms with Crippen molar-refractivity contribution < 1.29 is 28.9 Å². The van der Waals surface area contributed by atoms with Crippen LogP contribution in [0, 0.1) is 17.2 Å². The van der Waals surface area contributed by atoms with Crippen LogP contribution in [0.15, 0.2) is 18.2 Å². The maximum Gasteiger partial charge on any atom is 0.273 e. The third kappa shape index (κ3) is 5.87. The molecule has 1 aliphatic heterocycles. The minimum atomic E-state index is -0.977. The monoisotopic (exact) mass is 464 g/mol. The van der Waals surface area contributed by atoms with Crippen LogP contribution in [-0.4, -0.2) is 70.3 Å². The summed E-state index contributed by atoms with van der Waals surface area (Å²) in [6, 6.07) is 2.68. The van der Waals surface area contributed by atoms with Crippen molar-refractivity contribution in [3.63, 3.8) is 0 Å². The van der Waals surface area contributed by atoms with E-state index < -0.39 is 48.3 Å². The van der Waals surface area contributed by atoms with E-state index in [1.165, 1.54) is 16.8 Å². The molecule has 182 valence electrons. The molecule has 33 heavy (non-hydrogen) atoms. The number of aliphatic hydroxyl groups excluding tert-OH is 2. The molecule has 0 saturated carbocycles. The first-order valence-corrected chi connectivity index (χ1v) is 11.2. The van der Waals surface area contributed by atoms with Gasteiger partial charge in [0, 0.05) is 25.1 Å². The van der Waals surface area contributed by atoms with Gasteiger partial charge in [0.05, 0.1) is 19.3 Å². The lowest BCUT2D eigenvalue weighted by atomic mass is 9.85. The number of ether oxygens (including phenoxy) is 1. The first-order valence-electron chi connectivity index (χ1n) is 11.2. The third-order valence-electron chi connectivity index (χ3n) is 5.90. The van der Waals surface area contributed by atoms with Gasteiger partial charge in [-0.1, -0.05) is 32.9 Å². The summed E-state index contributed by atoms with van der Waals surface area (Å²) in [6.45, 7) is 6.23. The molecule has 9 nitrogen and oxygen atoms in total. The predicted molar refractivity (Wildman–Crippen MR) is 120 cm³/mol. The lowest BCUT2D eigenvalue weighted by Crippen LogP contribution is -2.56. The predicted octanol–water partition coefficient (Wildman–Crippen LogP) is 1.22. The van der Waals surface area contributed by atoms with Crippen LogP contribution >= 0.6 is 0 Å². The van der Waals surface area contributed by atoms with Crippen molar-refractivity contribution in [1.29, 1.82) is 0 Å². The Morgan fingerprint density at radius 3 is 2.48 bits per heavy atom. The summed E-state index contributed by atoms with van der Waals surface area (Å²) in [4.78, 5) is 26.1. The average Bonchev–Trinajstić information content (AvgIpc) is 3.15. The number of nitrogens with zero attached hydrogens (tertiary/aromatic N) is 2. The maximum atomic E-state index is 14.8. The van der Waals surface area contributed by atoms with Crippen molar-refractivity contribution in [3.05, 3.63) is 29.7 Å². The molecule has 2 aromatic rings. The number of aliphatic hydroxyl groups is 2. The smallest absolute Gasteiger partial charge is 0.273 e. The number of para-hydroxylation sites is 1. The molecule has 3 rings (SSSR count). The van der Waals surface area contributed by atoms with Crippen molar-refractivity contribution in [3.8, 4) is 0 Å². The number of carbonyl (C=O) groups excluding carboxylic acids is 2. The molecule has 1 unspecified atom stereocenters. The fraction of sp³-hybridized carbons (Fsp3) is 0.609. The standard InChI is InChI=1S/C23H33FN4O5/c1-23(2,3)20(22(32)25-15(12-29)13-30)26-21(31)18-16-5-4-6-17(24)19(16)28(27-18)11-14-7-9-33-10-8-14/h4-6,14-15,20,29-30H,7-13H2,1-3H3,(H,25,32)(H,26,31). The van der Waals surface area contributed by atoms with Gasteiger partial charge >= 0.3 is 0 Å². The summed E-state index contributed by atoms with van der Waals surface area (Å²) >= 11 is 0. The molecule has 0 radical (unpaired) electrons. The van der Waals surface area contributed by atoms with Gasteiger partial charge in [0.2, 0.25) is 5.91 Å². The number of carbonyl (C=O) groups is 2. The van der Waals surface area contributed by atoms with Gasteiger partial charge in [0.1, 0.15) is 17.4 Å². The lowest BCUT2D eigenvalue weighted by molar-refractivity contribution is -0.126. The normalized spacial score (nSPS) is 16.2. The minimum absolute atomic E-state index is 0.0412. The number of aromatic nitrogens is 2. The highest BCUT2D eigenvalue weighted by Crippen LogP contribution is 2.26. The second-order valence-corrected chi connectivity index (χ2v) is 9.57. The van der Waals surface area contributed by atoms with Crippen molar-refractivity contribution in [2.75, 3.05) is 26.4 Å². The number of hydrogen-bond donors (Lipinski definition) is 4. The van der Waals surface area contributed by atoms with Crippen molar-refractivity contribution in [2.45, 2.75) is 52.2 Å². The Morgan fingerprint density at radius 1 is 1.21 bits per heavy atom. The number of halogens is 1. The fourth-order valence-electron chi connectivity index (χ4n) is 3.98. The first-order chi connectivity index (χ1) is 15.7. The molecule has 10 heteroatoms. The molecule has 0 spiro atoms. The molecule has 1 aromatic heterocycles. The van der Waals surface area contributed by atoms with E-state index in [0.717, 1.165) is 12.8 Å². The Balaban J connectivity index is 1.90. The van der Waals surface area contributed by atoms with Crippen LogP contribution in [0.2, 0.25) is 0 Å². The van der Waals surface area contributed by atoms with E-state index in [0.29, 0.717) is 25.1 Å². The van der Waals surface area contributed by atoms with E-state index in [4.69, 9.17) is 4.74 Å². The Hall–Kier alpha value is -2.56. The third-order valence-corrected chi connectivity index (χ3v) is 5.90. The Kier molecular flexibility index (Phi) is 8.04. The van der Waals surface area contributed by atoms with E-state index in [1.807, 2.05) is 0 Å². The first kappa shape index (κ1) is 25.1. The zero-order valence-corrected chi connectivity index (χ0v) is 19.3. The SMILES string of the molecule is CC(C)(C)C(NC(=O)c1nn(CC2CCOCC2)c2c(F)cccc12)C(=O)NC(CO)CO. The van der Waals surface area contributed by atoms with Crippen LogP contribution in [0.3, 0.4) is 0 Å². The van der Waals surface area contributed by atoms with Crippen LogP contribution in [0.1, 0.15) is 44.1 Å². The summed E-state index contributed by atoms with van der Waals surface area (Å²) in [7, 11) is 0. The van der Waals surface area contributed by atoms with E-state index in [-0.39, 0.29) is 17.1 Å². The topological polar surface area (TPSA) is 126 Å². The largest absolute Gasteiger partial charge is 0.394 e. The molecular weight excluding hydrogens is 431 g/mol. The molecule has 4 N–H and O–H groups in total. The van der Waals surface area contributed by atoms with Gasteiger partial charge in [-0.2, -0.15) is 5.10 Å². The molecule has 0 bridgehead atoms. The number of rotatable bonds is 8. The highest BCUT2D eigenvalue weighted by molar-refractivity contribution is 6.06. The van der Waals surface area contributed by atoms with Crippen molar-refractivity contribution in [1.82, 2.24) is 20.4 Å². The van der Waals surface area contributed by atoms with E-state index in [9.17, 15) is 24.2 Å². The van der Waals surface area contributed by atoms with Gasteiger partial charge in [-0.3, -0.25) is 14.3 Å². The second kappa shape index (κ2) is 10.6. The summed E-state index contributed by atoms with van der Waals surface area (Å²) in [5, 5.41) is 28.6. The highest BCUT2D eigenvalue weighted by atomic mass is 19.1. The summed E-state index contributed by atoms with van der Waals surface area (Å²) in [5.41, 5.74) is -0.382. The molecule has 0 aliphatic carbocycles. The summed E-state index contributed by atoms with van der Waals surface area (Å²) < 4.78 is 21.7. The average molecular weight is 465 g/mol. The number of nitrogens with one attached hydrogen (secondary N) is 2. The molecule has 1 aromatic carbocycles. The molecule has 2 heterocycles. The van der Waals surface area contributed by atoms with Crippen LogP contribution < -0.4 is 10.6 Å². The zero-order chi connectivity index (χ0) is 24.2. The van der Waals surface area contributed by atoms with Gasteiger partial charge in [-0.05, 0) is 30.2 Å². The van der Waals surface area contributed by atoms with Gasteiger partial charge in [0.25, 0.3) is 5.91 Å². The molecular formula is C23H33FN4O5. The summed E-state index contributed by atoms with van der Waals surface area (Å²) in [5.74, 6) is -1.35. The van der Waals surface area contributed by atoms with Gasteiger partial charge in [-0.15, -0.1) is 0 Å². The van der Waals surface area contributed by atoms with Gasteiger partial charge in [-0.25, -0.2) is 4.39 Å². The van der Waals surface area contributed by atoms with Crippen LogP contribution in [0.5, 0.6) is 0 Å². The van der Waals surface area contributed by atoms with Gasteiger partial charge in [0.15, 0.2) is 5.69 Å². The minimum Gasteiger partial charge on any atom is -0.394 e. The number of hydrogen-bond acceptors (Lipinski definition) is 6. The zero-order valence-electron chi connectivity index (χ0n) is 19.3. The highest BCUT2D eigenvalue weighted by Gasteiger charge is 2.35. The lowest BCUT2D eigenvalue weighted by Gasteiger charge is -2.31. The number of amides is 2. The molecule has 1 fully saturated rings. The number of fused-ring (bicyclic) bond motifs is 1. The fourth-order valence-corrected chi connectivity index (χ4v) is 3.98. The van der Waals surface area contributed by atoms with E-state index >= 15 is 0 Å². The van der Waals surface area contributed by atoms with Crippen LogP contribution in [0.25, 0.3) is 10.9 Å². The van der Waals surface area contributed by atoms with Gasteiger partial charge < -0.3 is 25.6 Å². The number of benzene rings is 1. The molecule has 1 atom stereocenters. The van der Waals surface area contributed by atoms with E-state index in [2.05, 4.69) is 15.7 Å². The Bertz CT molecular complexity index is 977. The molecule has 1 aliphatic rings. The van der Waals surface area contributed by atoms with Crippen molar-refractivity contribution in [2.24, 2.45) is 11.3 Å². The van der Waals surface area contributed by atoms with Crippen LogP contribution in [-0.2, 0) is 16.1 Å². The maximum absolute atomic E-state index is 14.8. The van der Waals surface area contributed by atoms with E-state index in [1.54, 1.807) is 26.8 Å². The second-order valence-electron chi connectivity index (χ2n) is 9.57. The van der Waals surface area contributed by atoms with Crippen molar-refractivity contribution >= 4 is 22.7 Å². The molecule has 2 amide bonds. The quantitative estimate of drug-likeness (QED) is 0.465. The Labute approximate surface area is 192 Å². The summed E-state index contributed by atoms with van der Waals surface area (Å²) in [6.07, 6.45) is 1.67.